The maximum atomic E-state index is 13.1. The Hall–Kier alpha value is -2.27. The number of nitrogens with zero attached hydrogens (tertiary/aromatic N) is 1. The van der Waals surface area contributed by atoms with Gasteiger partial charge in [-0.3, -0.25) is 0 Å². The molecule has 0 aromatic heterocycles. The van der Waals surface area contributed by atoms with Gasteiger partial charge in [0.1, 0.15) is 5.82 Å². The molecule has 0 spiro atoms. The maximum absolute atomic E-state index is 13.1. The Morgan fingerprint density at radius 3 is 2.64 bits per heavy atom. The third-order valence-corrected chi connectivity index (χ3v) is 4.55. The fraction of sp³-hybridized carbons (Fsp3) is 0.316. The molecule has 2 amide bonds. The summed E-state index contributed by atoms with van der Waals surface area (Å²) in [5, 5.41) is 6.08. The highest BCUT2D eigenvalue weighted by atomic mass is 35.5. The molecule has 1 heterocycles. The zero-order chi connectivity index (χ0) is 17.6. The molecule has 1 aliphatic heterocycles. The lowest BCUT2D eigenvalue weighted by Gasteiger charge is -2.29. The molecular formula is C19H21ClFN3O. The van der Waals surface area contributed by atoms with Gasteiger partial charge in [-0.25, -0.2) is 9.18 Å². The smallest absolute Gasteiger partial charge is 0.319 e. The minimum Gasteiger partial charge on any atom is -0.370 e. The van der Waals surface area contributed by atoms with Gasteiger partial charge < -0.3 is 15.5 Å². The van der Waals surface area contributed by atoms with Crippen LogP contribution >= 0.6 is 11.6 Å². The van der Waals surface area contributed by atoms with E-state index in [-0.39, 0.29) is 18.4 Å². The number of urea groups is 1. The first kappa shape index (κ1) is 17.5. The van der Waals surface area contributed by atoms with Crippen LogP contribution in [0.1, 0.15) is 24.8 Å². The van der Waals surface area contributed by atoms with E-state index in [1.807, 2.05) is 12.1 Å². The maximum Gasteiger partial charge on any atom is 0.319 e. The zero-order valence-electron chi connectivity index (χ0n) is 13.9. The number of carbonyl (C=O) groups excluding carboxylic acids is 1. The van der Waals surface area contributed by atoms with E-state index >= 15 is 0 Å². The molecule has 4 nitrogen and oxygen atoms in total. The molecule has 1 fully saturated rings. The lowest BCUT2D eigenvalue weighted by Crippen LogP contribution is -2.30. The third-order valence-electron chi connectivity index (χ3n) is 4.24. The van der Waals surface area contributed by atoms with Gasteiger partial charge in [0.05, 0.1) is 10.7 Å². The van der Waals surface area contributed by atoms with E-state index in [1.54, 1.807) is 18.2 Å². The molecule has 0 aliphatic carbocycles. The number of rotatable bonds is 4. The summed E-state index contributed by atoms with van der Waals surface area (Å²) in [6.07, 6.45) is 3.62. The van der Waals surface area contributed by atoms with E-state index in [0.29, 0.717) is 16.3 Å². The normalized spacial score (nSPS) is 14.2. The van der Waals surface area contributed by atoms with Gasteiger partial charge in [0, 0.05) is 25.3 Å². The standard InChI is InChI=1S/C19H21ClFN3O/c20-17-12-16(7-8-18(17)24-9-2-1-3-10-24)23-19(25)22-13-14-5-4-6-15(21)11-14/h4-8,11-12H,1-3,9-10,13H2,(H2,22,23,25). The van der Waals surface area contributed by atoms with Gasteiger partial charge in [-0.05, 0) is 55.2 Å². The highest BCUT2D eigenvalue weighted by Crippen LogP contribution is 2.30. The SMILES string of the molecule is O=C(NCc1cccc(F)c1)Nc1ccc(N2CCCCC2)c(Cl)c1. The van der Waals surface area contributed by atoms with Crippen LogP contribution in [0, 0.1) is 5.82 Å². The molecule has 3 rings (SSSR count). The molecule has 132 valence electrons. The summed E-state index contributed by atoms with van der Waals surface area (Å²) in [4.78, 5) is 14.3. The van der Waals surface area contributed by atoms with Crippen LogP contribution in [0.2, 0.25) is 5.02 Å². The van der Waals surface area contributed by atoms with Crippen LogP contribution in [-0.4, -0.2) is 19.1 Å². The average molecular weight is 362 g/mol. The molecule has 25 heavy (non-hydrogen) atoms. The first-order valence-corrected chi connectivity index (χ1v) is 8.83. The Bertz CT molecular complexity index is 747. The van der Waals surface area contributed by atoms with Gasteiger partial charge in [-0.15, -0.1) is 0 Å². The van der Waals surface area contributed by atoms with Crippen molar-refractivity contribution >= 4 is 29.0 Å². The van der Waals surface area contributed by atoms with Crippen LogP contribution in [0.15, 0.2) is 42.5 Å². The van der Waals surface area contributed by atoms with Gasteiger partial charge in [0.2, 0.25) is 0 Å². The molecule has 0 atom stereocenters. The van der Waals surface area contributed by atoms with Crippen LogP contribution in [0.4, 0.5) is 20.6 Å². The molecule has 1 aliphatic rings. The Labute approximate surface area is 152 Å². The third kappa shape index (κ3) is 4.86. The highest BCUT2D eigenvalue weighted by Gasteiger charge is 2.14. The molecule has 0 unspecified atom stereocenters. The number of halogens is 2. The topological polar surface area (TPSA) is 44.4 Å². The second-order valence-electron chi connectivity index (χ2n) is 6.15. The van der Waals surface area contributed by atoms with E-state index in [9.17, 15) is 9.18 Å². The summed E-state index contributed by atoms with van der Waals surface area (Å²) in [6.45, 7) is 2.28. The van der Waals surface area contributed by atoms with Crippen LogP contribution < -0.4 is 15.5 Å². The van der Waals surface area contributed by atoms with Crippen molar-refractivity contribution in [1.82, 2.24) is 5.32 Å². The minimum atomic E-state index is -0.356. The average Bonchev–Trinajstić information content (AvgIpc) is 2.61. The van der Waals surface area contributed by atoms with Gasteiger partial charge in [-0.1, -0.05) is 23.7 Å². The Morgan fingerprint density at radius 2 is 1.92 bits per heavy atom. The van der Waals surface area contributed by atoms with Crippen molar-refractivity contribution in [3.05, 3.63) is 58.9 Å². The lowest BCUT2D eigenvalue weighted by molar-refractivity contribution is 0.251. The molecule has 0 radical (unpaired) electrons. The van der Waals surface area contributed by atoms with E-state index in [1.165, 1.54) is 31.4 Å². The first-order chi connectivity index (χ1) is 12.1. The first-order valence-electron chi connectivity index (χ1n) is 8.45. The van der Waals surface area contributed by atoms with Crippen molar-refractivity contribution in [3.8, 4) is 0 Å². The molecule has 6 heteroatoms. The minimum absolute atomic E-state index is 0.253. The lowest BCUT2D eigenvalue weighted by atomic mass is 10.1. The van der Waals surface area contributed by atoms with Gasteiger partial charge in [-0.2, -0.15) is 0 Å². The summed E-state index contributed by atoms with van der Waals surface area (Å²) in [5.41, 5.74) is 2.34. The second kappa shape index (κ2) is 8.21. The number of benzene rings is 2. The fourth-order valence-electron chi connectivity index (χ4n) is 2.98. The van der Waals surface area contributed by atoms with E-state index in [2.05, 4.69) is 15.5 Å². The van der Waals surface area contributed by atoms with Crippen molar-refractivity contribution < 1.29 is 9.18 Å². The fourth-order valence-corrected chi connectivity index (χ4v) is 3.28. The number of anilines is 2. The van der Waals surface area contributed by atoms with Crippen molar-refractivity contribution in [2.24, 2.45) is 0 Å². The summed E-state index contributed by atoms with van der Waals surface area (Å²) >= 11 is 6.38. The Morgan fingerprint density at radius 1 is 1.12 bits per heavy atom. The Balaban J connectivity index is 1.57. The van der Waals surface area contributed by atoms with Gasteiger partial charge in [0.25, 0.3) is 0 Å². The van der Waals surface area contributed by atoms with Crippen LogP contribution in [-0.2, 0) is 6.54 Å². The van der Waals surface area contributed by atoms with E-state index in [0.717, 1.165) is 18.8 Å². The zero-order valence-corrected chi connectivity index (χ0v) is 14.7. The number of carbonyl (C=O) groups is 1. The molecule has 0 bridgehead atoms. The Kier molecular flexibility index (Phi) is 5.76. The molecule has 1 saturated heterocycles. The van der Waals surface area contributed by atoms with E-state index in [4.69, 9.17) is 11.6 Å². The van der Waals surface area contributed by atoms with Gasteiger partial charge >= 0.3 is 6.03 Å². The summed E-state index contributed by atoms with van der Waals surface area (Å²) in [7, 11) is 0. The number of hydrogen-bond acceptors (Lipinski definition) is 2. The van der Waals surface area contributed by atoms with Crippen molar-refractivity contribution in [2.45, 2.75) is 25.8 Å². The number of nitrogens with one attached hydrogen (secondary N) is 2. The summed E-state index contributed by atoms with van der Waals surface area (Å²) in [5.74, 6) is -0.320. The summed E-state index contributed by atoms with van der Waals surface area (Å²) < 4.78 is 13.1. The van der Waals surface area contributed by atoms with Crippen molar-refractivity contribution in [3.63, 3.8) is 0 Å². The van der Waals surface area contributed by atoms with E-state index < -0.39 is 0 Å². The quantitative estimate of drug-likeness (QED) is 0.822. The molecule has 2 aromatic rings. The predicted molar refractivity (Wildman–Crippen MR) is 99.8 cm³/mol. The summed E-state index contributed by atoms with van der Waals surface area (Å²) in [6, 6.07) is 11.3. The second-order valence-corrected chi connectivity index (χ2v) is 6.56. The van der Waals surface area contributed by atoms with Crippen LogP contribution in [0.25, 0.3) is 0 Å². The predicted octanol–water partition coefficient (Wildman–Crippen LogP) is 4.79. The monoisotopic (exact) mass is 361 g/mol. The molecule has 0 saturated carbocycles. The number of piperidine rings is 1. The van der Waals surface area contributed by atoms with Crippen molar-refractivity contribution in [1.29, 1.82) is 0 Å². The molecule has 2 N–H and O–H groups in total. The molecule has 2 aromatic carbocycles. The van der Waals surface area contributed by atoms with Crippen molar-refractivity contribution in [2.75, 3.05) is 23.3 Å². The molecular weight excluding hydrogens is 341 g/mol. The van der Waals surface area contributed by atoms with Gasteiger partial charge in [0.15, 0.2) is 0 Å². The number of amides is 2. The van der Waals surface area contributed by atoms with Crippen LogP contribution in [0.3, 0.4) is 0 Å². The number of hydrogen-bond donors (Lipinski definition) is 2. The largest absolute Gasteiger partial charge is 0.370 e. The highest BCUT2D eigenvalue weighted by molar-refractivity contribution is 6.33. The van der Waals surface area contributed by atoms with Crippen LogP contribution in [0.5, 0.6) is 0 Å².